The molecule has 0 aliphatic heterocycles. The minimum Gasteiger partial charge on any atom is -0.410 e. The predicted molar refractivity (Wildman–Crippen MR) is 88.4 cm³/mol. The summed E-state index contributed by atoms with van der Waals surface area (Å²) in [4.78, 5) is 12.7. The third-order valence-corrected chi connectivity index (χ3v) is 4.67. The van der Waals surface area contributed by atoms with Crippen molar-refractivity contribution < 1.29 is 13.6 Å². The SMILES string of the molecule is O=C(CSc1nnc(-c2cccs2)o1)Nc1cc(F)ccc1Cl. The van der Waals surface area contributed by atoms with Gasteiger partial charge in [0.2, 0.25) is 5.91 Å². The van der Waals surface area contributed by atoms with Crippen LogP contribution in [0.15, 0.2) is 45.4 Å². The second-order valence-corrected chi connectivity index (χ2v) is 6.59. The molecule has 0 radical (unpaired) electrons. The molecule has 1 amide bonds. The fourth-order valence-corrected chi connectivity index (χ4v) is 3.05. The van der Waals surface area contributed by atoms with Gasteiger partial charge in [0.05, 0.1) is 21.3 Å². The maximum absolute atomic E-state index is 13.1. The largest absolute Gasteiger partial charge is 0.410 e. The second kappa shape index (κ2) is 7.12. The molecular weight excluding hydrogens is 361 g/mol. The molecule has 118 valence electrons. The number of hydrogen-bond acceptors (Lipinski definition) is 6. The molecule has 3 aromatic rings. The van der Waals surface area contributed by atoms with Crippen molar-refractivity contribution in [3.63, 3.8) is 0 Å². The molecule has 0 aliphatic rings. The molecule has 0 saturated carbocycles. The molecule has 0 unspecified atom stereocenters. The number of hydrogen-bond donors (Lipinski definition) is 1. The van der Waals surface area contributed by atoms with E-state index in [1.54, 1.807) is 0 Å². The van der Waals surface area contributed by atoms with Crippen molar-refractivity contribution >= 4 is 46.3 Å². The molecule has 9 heteroatoms. The molecule has 0 spiro atoms. The Morgan fingerprint density at radius 3 is 3.04 bits per heavy atom. The summed E-state index contributed by atoms with van der Waals surface area (Å²) in [7, 11) is 0. The van der Waals surface area contributed by atoms with Crippen molar-refractivity contribution in [2.24, 2.45) is 0 Å². The number of nitrogens with zero attached hydrogens (tertiary/aromatic N) is 2. The molecule has 0 bridgehead atoms. The van der Waals surface area contributed by atoms with Crippen LogP contribution < -0.4 is 5.32 Å². The number of rotatable bonds is 5. The topological polar surface area (TPSA) is 68.0 Å². The Morgan fingerprint density at radius 2 is 2.26 bits per heavy atom. The van der Waals surface area contributed by atoms with Gasteiger partial charge in [0.1, 0.15) is 5.82 Å². The lowest BCUT2D eigenvalue weighted by Gasteiger charge is -2.06. The summed E-state index contributed by atoms with van der Waals surface area (Å²) in [5.74, 6) is -0.372. The molecule has 2 heterocycles. The number of amides is 1. The van der Waals surface area contributed by atoms with Crippen LogP contribution in [-0.2, 0) is 4.79 Å². The van der Waals surface area contributed by atoms with Gasteiger partial charge in [0, 0.05) is 0 Å². The zero-order chi connectivity index (χ0) is 16.2. The van der Waals surface area contributed by atoms with Gasteiger partial charge < -0.3 is 9.73 Å². The predicted octanol–water partition coefficient (Wildman–Crippen LogP) is 4.32. The van der Waals surface area contributed by atoms with Crippen LogP contribution in [0.25, 0.3) is 10.8 Å². The van der Waals surface area contributed by atoms with E-state index in [-0.39, 0.29) is 27.6 Å². The van der Waals surface area contributed by atoms with E-state index in [0.717, 1.165) is 22.7 Å². The zero-order valence-corrected chi connectivity index (χ0v) is 13.8. The van der Waals surface area contributed by atoms with Gasteiger partial charge in [-0.2, -0.15) is 0 Å². The zero-order valence-electron chi connectivity index (χ0n) is 11.5. The van der Waals surface area contributed by atoms with Crippen molar-refractivity contribution in [2.75, 3.05) is 11.1 Å². The Bertz CT molecular complexity index is 823. The molecule has 0 atom stereocenters. The van der Waals surface area contributed by atoms with Crippen LogP contribution in [0.2, 0.25) is 5.02 Å². The molecule has 0 saturated heterocycles. The number of anilines is 1. The van der Waals surface area contributed by atoms with Gasteiger partial charge in [-0.3, -0.25) is 4.79 Å². The highest BCUT2D eigenvalue weighted by Gasteiger charge is 2.13. The van der Waals surface area contributed by atoms with E-state index >= 15 is 0 Å². The first kappa shape index (κ1) is 16.0. The highest BCUT2D eigenvalue weighted by Crippen LogP contribution is 2.27. The number of nitrogens with one attached hydrogen (secondary N) is 1. The van der Waals surface area contributed by atoms with Crippen LogP contribution in [0.1, 0.15) is 0 Å². The first-order chi connectivity index (χ1) is 11.1. The fourth-order valence-electron chi connectivity index (χ4n) is 1.67. The van der Waals surface area contributed by atoms with Gasteiger partial charge in [0.25, 0.3) is 11.1 Å². The average molecular weight is 370 g/mol. The molecule has 3 rings (SSSR count). The van der Waals surface area contributed by atoms with Gasteiger partial charge >= 0.3 is 0 Å². The van der Waals surface area contributed by atoms with Gasteiger partial charge in [-0.25, -0.2) is 4.39 Å². The summed E-state index contributed by atoms with van der Waals surface area (Å²) in [5.41, 5.74) is 0.224. The fraction of sp³-hybridized carbons (Fsp3) is 0.0714. The number of aromatic nitrogens is 2. The molecule has 1 aromatic carbocycles. The minimum atomic E-state index is -0.477. The second-order valence-electron chi connectivity index (χ2n) is 4.31. The van der Waals surface area contributed by atoms with Crippen molar-refractivity contribution in [1.29, 1.82) is 0 Å². The third-order valence-electron chi connectivity index (χ3n) is 2.67. The Kier molecular flexibility index (Phi) is 4.94. The van der Waals surface area contributed by atoms with Crippen LogP contribution in [0.4, 0.5) is 10.1 Å². The van der Waals surface area contributed by atoms with E-state index < -0.39 is 5.82 Å². The Balaban J connectivity index is 1.58. The Hall–Kier alpha value is -1.90. The van der Waals surface area contributed by atoms with Crippen LogP contribution in [0.5, 0.6) is 0 Å². The van der Waals surface area contributed by atoms with Crippen molar-refractivity contribution in [3.05, 3.63) is 46.6 Å². The molecule has 5 nitrogen and oxygen atoms in total. The Morgan fingerprint density at radius 1 is 1.39 bits per heavy atom. The van der Waals surface area contributed by atoms with Crippen molar-refractivity contribution in [1.82, 2.24) is 10.2 Å². The summed E-state index contributed by atoms with van der Waals surface area (Å²) >= 11 is 8.46. The van der Waals surface area contributed by atoms with Gasteiger partial charge in [-0.1, -0.05) is 29.4 Å². The Labute approximate surface area is 143 Å². The maximum atomic E-state index is 13.1. The van der Waals surface area contributed by atoms with Crippen LogP contribution >= 0.6 is 34.7 Å². The lowest BCUT2D eigenvalue weighted by molar-refractivity contribution is -0.113. The molecule has 0 aliphatic carbocycles. The summed E-state index contributed by atoms with van der Waals surface area (Å²) in [6, 6.07) is 7.51. The maximum Gasteiger partial charge on any atom is 0.277 e. The summed E-state index contributed by atoms with van der Waals surface area (Å²) in [6.07, 6.45) is 0. The number of carbonyl (C=O) groups is 1. The monoisotopic (exact) mass is 369 g/mol. The van der Waals surface area contributed by atoms with Gasteiger partial charge in [0.15, 0.2) is 0 Å². The highest BCUT2D eigenvalue weighted by molar-refractivity contribution is 7.99. The quantitative estimate of drug-likeness (QED) is 0.678. The van der Waals surface area contributed by atoms with Crippen molar-refractivity contribution in [2.45, 2.75) is 5.22 Å². The normalized spacial score (nSPS) is 10.7. The number of benzene rings is 1. The number of carbonyl (C=O) groups excluding carboxylic acids is 1. The highest BCUT2D eigenvalue weighted by atomic mass is 35.5. The first-order valence-corrected chi connectivity index (χ1v) is 8.61. The lowest BCUT2D eigenvalue weighted by atomic mass is 10.3. The van der Waals surface area contributed by atoms with Gasteiger partial charge in [-0.05, 0) is 29.6 Å². The average Bonchev–Trinajstić information content (AvgIpc) is 3.19. The smallest absolute Gasteiger partial charge is 0.277 e. The van der Waals surface area contributed by atoms with Crippen LogP contribution in [-0.4, -0.2) is 21.9 Å². The molecule has 2 aromatic heterocycles. The number of thioether (sulfide) groups is 1. The number of thiophene rings is 1. The van der Waals surface area contributed by atoms with Crippen LogP contribution in [0.3, 0.4) is 0 Å². The van der Waals surface area contributed by atoms with E-state index in [9.17, 15) is 9.18 Å². The van der Waals surface area contributed by atoms with E-state index in [1.165, 1.54) is 23.5 Å². The van der Waals surface area contributed by atoms with Crippen LogP contribution in [0, 0.1) is 5.82 Å². The minimum absolute atomic E-state index is 0.0406. The third kappa shape index (κ3) is 4.10. The van der Waals surface area contributed by atoms with E-state index in [2.05, 4.69) is 15.5 Å². The lowest BCUT2D eigenvalue weighted by Crippen LogP contribution is -2.14. The number of halogens is 2. The summed E-state index contributed by atoms with van der Waals surface area (Å²) < 4.78 is 18.6. The molecular formula is C14H9ClFN3O2S2. The van der Waals surface area contributed by atoms with E-state index in [1.807, 2.05) is 17.5 Å². The first-order valence-electron chi connectivity index (χ1n) is 6.37. The van der Waals surface area contributed by atoms with Crippen molar-refractivity contribution in [3.8, 4) is 10.8 Å². The molecule has 23 heavy (non-hydrogen) atoms. The standard InChI is InChI=1S/C14H9ClFN3O2S2/c15-9-4-3-8(16)6-10(9)17-12(20)7-23-14-19-18-13(21-14)11-2-1-5-22-11/h1-6H,7H2,(H,17,20). The summed E-state index contributed by atoms with van der Waals surface area (Å²) in [5, 5.41) is 12.8. The van der Waals surface area contributed by atoms with E-state index in [4.69, 9.17) is 16.0 Å². The van der Waals surface area contributed by atoms with Gasteiger partial charge in [-0.15, -0.1) is 21.5 Å². The van der Waals surface area contributed by atoms with E-state index in [0.29, 0.717) is 5.89 Å². The summed E-state index contributed by atoms with van der Waals surface area (Å²) in [6.45, 7) is 0. The molecule has 0 fully saturated rings. The molecule has 1 N–H and O–H groups in total.